The van der Waals surface area contributed by atoms with Crippen LogP contribution in [0.4, 0.5) is 0 Å². The molecule has 0 aromatic heterocycles. The SMILES string of the molecule is CO[C@](C)(CC=O)[C@@H](OCCCC(C)C)[C@H](C)O. The minimum Gasteiger partial charge on any atom is -0.391 e. The summed E-state index contributed by atoms with van der Waals surface area (Å²) in [5.41, 5.74) is -0.770. The smallest absolute Gasteiger partial charge is 0.122 e. The van der Waals surface area contributed by atoms with E-state index in [1.54, 1.807) is 13.8 Å². The maximum absolute atomic E-state index is 10.7. The number of ether oxygens (including phenoxy) is 2. The lowest BCUT2D eigenvalue weighted by Crippen LogP contribution is -2.49. The van der Waals surface area contributed by atoms with Crippen LogP contribution in [0.3, 0.4) is 0 Å². The number of hydrogen-bond donors (Lipinski definition) is 1. The van der Waals surface area contributed by atoms with E-state index in [4.69, 9.17) is 9.47 Å². The molecule has 0 aliphatic heterocycles. The van der Waals surface area contributed by atoms with Crippen molar-refractivity contribution in [2.45, 2.75) is 64.8 Å². The summed E-state index contributed by atoms with van der Waals surface area (Å²) in [5.74, 6) is 0.641. The molecule has 0 saturated heterocycles. The lowest BCUT2D eigenvalue weighted by Gasteiger charge is -2.36. The molecule has 0 aromatic carbocycles. The molecule has 1 N–H and O–H groups in total. The summed E-state index contributed by atoms with van der Waals surface area (Å²) in [6, 6.07) is 0. The quantitative estimate of drug-likeness (QED) is 0.483. The molecule has 0 saturated carbocycles. The number of hydrogen-bond acceptors (Lipinski definition) is 4. The predicted molar refractivity (Wildman–Crippen MR) is 71.6 cm³/mol. The van der Waals surface area contributed by atoms with Gasteiger partial charge in [0, 0.05) is 20.1 Å². The summed E-state index contributed by atoms with van der Waals surface area (Å²) >= 11 is 0. The van der Waals surface area contributed by atoms with Crippen molar-refractivity contribution in [3.63, 3.8) is 0 Å². The van der Waals surface area contributed by atoms with E-state index < -0.39 is 17.8 Å². The second-order valence-electron chi connectivity index (χ2n) is 5.46. The van der Waals surface area contributed by atoms with Gasteiger partial charge in [0.2, 0.25) is 0 Å². The summed E-state index contributed by atoms with van der Waals surface area (Å²) in [6.45, 7) is 8.36. The molecule has 0 unspecified atom stereocenters. The molecule has 0 rings (SSSR count). The van der Waals surface area contributed by atoms with Gasteiger partial charge in [-0.3, -0.25) is 0 Å². The Morgan fingerprint density at radius 3 is 2.33 bits per heavy atom. The molecule has 4 heteroatoms. The molecule has 3 atom stereocenters. The zero-order valence-corrected chi connectivity index (χ0v) is 12.3. The molecule has 0 amide bonds. The number of aliphatic hydroxyl groups excluding tert-OH is 1. The first-order valence-electron chi connectivity index (χ1n) is 6.65. The molecule has 108 valence electrons. The van der Waals surface area contributed by atoms with Crippen LogP contribution in [0.2, 0.25) is 0 Å². The lowest BCUT2D eigenvalue weighted by atomic mass is 9.91. The number of carbonyl (C=O) groups excluding carboxylic acids is 1. The minimum absolute atomic E-state index is 0.212. The van der Waals surface area contributed by atoms with E-state index in [-0.39, 0.29) is 6.42 Å². The minimum atomic E-state index is -0.770. The van der Waals surface area contributed by atoms with E-state index in [1.165, 1.54) is 7.11 Å². The van der Waals surface area contributed by atoms with Crippen molar-refractivity contribution in [2.75, 3.05) is 13.7 Å². The van der Waals surface area contributed by atoms with Gasteiger partial charge >= 0.3 is 0 Å². The van der Waals surface area contributed by atoms with Crippen LogP contribution in [0.15, 0.2) is 0 Å². The van der Waals surface area contributed by atoms with Crippen LogP contribution in [0, 0.1) is 5.92 Å². The standard InChI is InChI=1S/C14H28O4/c1-11(2)7-6-10-18-13(12(3)16)14(4,17-5)8-9-15/h9,11-13,16H,6-8,10H2,1-5H3/t12-,13-,14+/m0/s1. The van der Waals surface area contributed by atoms with Crippen molar-refractivity contribution < 1.29 is 19.4 Å². The summed E-state index contributed by atoms with van der Waals surface area (Å²) in [6.07, 6.45) is 1.89. The van der Waals surface area contributed by atoms with E-state index in [0.717, 1.165) is 19.1 Å². The van der Waals surface area contributed by atoms with Crippen LogP contribution >= 0.6 is 0 Å². The van der Waals surface area contributed by atoms with Gasteiger partial charge in [0.05, 0.1) is 6.10 Å². The lowest BCUT2D eigenvalue weighted by molar-refractivity contribution is -0.162. The Kier molecular flexibility index (Phi) is 8.40. The summed E-state index contributed by atoms with van der Waals surface area (Å²) < 4.78 is 11.1. The Morgan fingerprint density at radius 1 is 1.33 bits per heavy atom. The zero-order valence-electron chi connectivity index (χ0n) is 12.3. The fourth-order valence-electron chi connectivity index (χ4n) is 2.01. The highest BCUT2D eigenvalue weighted by atomic mass is 16.6. The molecule has 0 aromatic rings. The third kappa shape index (κ3) is 5.94. The molecule has 0 aliphatic rings. The Bertz CT molecular complexity index is 228. The topological polar surface area (TPSA) is 55.8 Å². The van der Waals surface area contributed by atoms with Crippen LogP contribution in [0.25, 0.3) is 0 Å². The molecule has 0 heterocycles. The fourth-order valence-corrected chi connectivity index (χ4v) is 2.01. The van der Waals surface area contributed by atoms with Gasteiger partial charge in [0.15, 0.2) is 0 Å². The molecule has 0 fully saturated rings. The van der Waals surface area contributed by atoms with Crippen molar-refractivity contribution in [2.24, 2.45) is 5.92 Å². The van der Waals surface area contributed by atoms with Crippen molar-refractivity contribution in [3.05, 3.63) is 0 Å². The highest BCUT2D eigenvalue weighted by molar-refractivity contribution is 5.51. The van der Waals surface area contributed by atoms with E-state index in [9.17, 15) is 9.90 Å². The first-order chi connectivity index (χ1) is 8.37. The first-order valence-corrected chi connectivity index (χ1v) is 6.65. The molecule has 0 spiro atoms. The molecular weight excluding hydrogens is 232 g/mol. The van der Waals surface area contributed by atoms with Gasteiger partial charge in [-0.15, -0.1) is 0 Å². The normalized spacial score (nSPS) is 18.4. The fraction of sp³-hybridized carbons (Fsp3) is 0.929. The summed E-state index contributed by atoms with van der Waals surface area (Å²) in [4.78, 5) is 10.7. The van der Waals surface area contributed by atoms with Crippen molar-refractivity contribution in [3.8, 4) is 0 Å². The van der Waals surface area contributed by atoms with Gasteiger partial charge in [-0.1, -0.05) is 13.8 Å². The molecule has 4 nitrogen and oxygen atoms in total. The Morgan fingerprint density at radius 2 is 1.94 bits per heavy atom. The zero-order chi connectivity index (χ0) is 14.2. The Balaban J connectivity index is 4.40. The van der Waals surface area contributed by atoms with Crippen LogP contribution in [0.5, 0.6) is 0 Å². The summed E-state index contributed by atoms with van der Waals surface area (Å²) in [7, 11) is 1.54. The number of aldehydes is 1. The molecular formula is C14H28O4. The Hall–Kier alpha value is -0.450. The highest BCUT2D eigenvalue weighted by Gasteiger charge is 2.38. The van der Waals surface area contributed by atoms with Crippen molar-refractivity contribution in [1.82, 2.24) is 0 Å². The van der Waals surface area contributed by atoms with Crippen molar-refractivity contribution in [1.29, 1.82) is 0 Å². The number of carbonyl (C=O) groups is 1. The molecule has 18 heavy (non-hydrogen) atoms. The average Bonchev–Trinajstić information content (AvgIpc) is 2.28. The molecule has 0 radical (unpaired) electrons. The van der Waals surface area contributed by atoms with Crippen LogP contribution in [0.1, 0.15) is 47.0 Å². The molecule has 0 bridgehead atoms. The monoisotopic (exact) mass is 260 g/mol. The van der Waals surface area contributed by atoms with Gasteiger partial charge in [0.25, 0.3) is 0 Å². The van der Waals surface area contributed by atoms with Crippen LogP contribution < -0.4 is 0 Å². The largest absolute Gasteiger partial charge is 0.391 e. The van der Waals surface area contributed by atoms with Gasteiger partial charge in [-0.2, -0.15) is 0 Å². The third-order valence-corrected chi connectivity index (χ3v) is 3.22. The van der Waals surface area contributed by atoms with E-state index >= 15 is 0 Å². The third-order valence-electron chi connectivity index (χ3n) is 3.22. The van der Waals surface area contributed by atoms with E-state index in [1.807, 2.05) is 0 Å². The van der Waals surface area contributed by atoms with Crippen molar-refractivity contribution >= 4 is 6.29 Å². The Labute approximate surface area is 111 Å². The van der Waals surface area contributed by atoms with E-state index in [0.29, 0.717) is 12.5 Å². The average molecular weight is 260 g/mol. The number of methoxy groups -OCH3 is 1. The van der Waals surface area contributed by atoms with Crippen LogP contribution in [-0.4, -0.2) is 42.9 Å². The number of aliphatic hydroxyl groups is 1. The van der Waals surface area contributed by atoms with Gasteiger partial charge in [-0.25, -0.2) is 0 Å². The second kappa shape index (κ2) is 8.62. The summed E-state index contributed by atoms with van der Waals surface area (Å²) in [5, 5.41) is 9.79. The van der Waals surface area contributed by atoms with E-state index in [2.05, 4.69) is 13.8 Å². The van der Waals surface area contributed by atoms with Gasteiger partial charge in [-0.05, 0) is 32.6 Å². The maximum Gasteiger partial charge on any atom is 0.122 e. The van der Waals surface area contributed by atoms with Crippen LogP contribution in [-0.2, 0) is 14.3 Å². The molecule has 0 aliphatic carbocycles. The second-order valence-corrected chi connectivity index (χ2v) is 5.46. The predicted octanol–water partition coefficient (Wildman–Crippen LogP) is 2.18. The maximum atomic E-state index is 10.7. The van der Waals surface area contributed by atoms with Gasteiger partial charge in [0.1, 0.15) is 18.0 Å². The first kappa shape index (κ1) is 17.6. The van der Waals surface area contributed by atoms with Gasteiger partial charge < -0.3 is 19.4 Å². The number of rotatable bonds is 10. The highest BCUT2D eigenvalue weighted by Crippen LogP contribution is 2.24.